The Morgan fingerprint density at radius 3 is 2.68 bits per heavy atom. The summed E-state index contributed by atoms with van der Waals surface area (Å²) in [7, 11) is 0. The fraction of sp³-hybridized carbons (Fsp3) is 0.0500. The Morgan fingerprint density at radius 1 is 1.11 bits per heavy atom. The molecule has 2 aromatic carbocycles. The fourth-order valence-corrected chi connectivity index (χ4v) is 3.28. The third-order valence-corrected chi connectivity index (χ3v) is 4.80. The average molecular weight is 414 g/mol. The summed E-state index contributed by atoms with van der Waals surface area (Å²) < 4.78 is 14.7. The van der Waals surface area contributed by atoms with E-state index in [4.69, 9.17) is 23.2 Å². The molecule has 0 bridgehead atoms. The largest absolute Gasteiger partial charge is 0.278 e. The Bertz CT molecular complexity index is 1190. The van der Waals surface area contributed by atoms with Gasteiger partial charge in [-0.05, 0) is 55.5 Å². The summed E-state index contributed by atoms with van der Waals surface area (Å²) in [5, 5.41) is 10.6. The third-order valence-electron chi connectivity index (χ3n) is 4.20. The van der Waals surface area contributed by atoms with Gasteiger partial charge in [-0.25, -0.2) is 9.07 Å². The van der Waals surface area contributed by atoms with Crippen molar-refractivity contribution in [3.63, 3.8) is 0 Å². The number of halogens is 3. The second-order valence-corrected chi connectivity index (χ2v) is 6.86. The highest BCUT2D eigenvalue weighted by atomic mass is 35.5. The van der Waals surface area contributed by atoms with Crippen LogP contribution < -0.4 is 5.43 Å². The molecule has 0 saturated carbocycles. The molecule has 140 valence electrons. The van der Waals surface area contributed by atoms with Gasteiger partial charge in [-0.2, -0.15) is 10.2 Å². The van der Waals surface area contributed by atoms with Crippen LogP contribution in [0.2, 0.25) is 10.2 Å². The first-order valence-corrected chi connectivity index (χ1v) is 9.13. The summed E-state index contributed by atoms with van der Waals surface area (Å²) in [6.45, 7) is 1.83. The van der Waals surface area contributed by atoms with Crippen molar-refractivity contribution in [2.45, 2.75) is 6.92 Å². The molecule has 2 aromatic heterocycles. The lowest BCUT2D eigenvalue weighted by atomic mass is 10.2. The quantitative estimate of drug-likeness (QED) is 0.348. The Hall–Kier alpha value is -2.96. The van der Waals surface area contributed by atoms with Crippen molar-refractivity contribution in [1.82, 2.24) is 14.8 Å². The molecule has 0 atom stereocenters. The molecule has 8 heteroatoms. The predicted octanol–water partition coefficient (Wildman–Crippen LogP) is 5.62. The Kier molecular flexibility index (Phi) is 4.98. The molecule has 4 aromatic rings. The van der Waals surface area contributed by atoms with E-state index in [0.717, 1.165) is 16.6 Å². The molecule has 0 unspecified atom stereocenters. The standard InChI is InChI=1S/C20H14Cl2FN5/c1-12-17(20(22)28(27-12)15-5-3-14(23)4-6-15)11-25-26-18-8-9-24-19-10-13(21)2-7-16(18)19/h2-11H,1H3,(H,24,26)/b25-11-. The summed E-state index contributed by atoms with van der Waals surface area (Å²) in [5.74, 6) is -0.319. The van der Waals surface area contributed by atoms with E-state index in [1.165, 1.54) is 12.1 Å². The van der Waals surface area contributed by atoms with Crippen molar-refractivity contribution < 1.29 is 4.39 Å². The Labute approximate surface area is 170 Å². The van der Waals surface area contributed by atoms with Gasteiger partial charge in [0, 0.05) is 16.6 Å². The zero-order valence-corrected chi connectivity index (χ0v) is 16.2. The minimum absolute atomic E-state index is 0.319. The van der Waals surface area contributed by atoms with E-state index >= 15 is 0 Å². The highest BCUT2D eigenvalue weighted by molar-refractivity contribution is 6.32. The molecule has 1 N–H and O–H groups in total. The zero-order chi connectivity index (χ0) is 19.7. The second kappa shape index (κ2) is 7.58. The van der Waals surface area contributed by atoms with Gasteiger partial charge < -0.3 is 0 Å². The number of hydrazone groups is 1. The summed E-state index contributed by atoms with van der Waals surface area (Å²) in [6.07, 6.45) is 3.29. The molecular formula is C20H14Cl2FN5. The maximum atomic E-state index is 13.1. The smallest absolute Gasteiger partial charge is 0.142 e. The van der Waals surface area contributed by atoms with Crippen LogP contribution in [0.5, 0.6) is 0 Å². The Morgan fingerprint density at radius 2 is 1.89 bits per heavy atom. The summed E-state index contributed by atoms with van der Waals surface area (Å²) in [6, 6.07) is 13.2. The van der Waals surface area contributed by atoms with Gasteiger partial charge in [-0.3, -0.25) is 10.4 Å². The van der Waals surface area contributed by atoms with Crippen LogP contribution in [0.15, 0.2) is 59.8 Å². The van der Waals surface area contributed by atoms with Crippen LogP contribution >= 0.6 is 23.2 Å². The number of rotatable bonds is 4. The Balaban J connectivity index is 1.62. The molecule has 0 amide bonds. The maximum Gasteiger partial charge on any atom is 0.142 e. The first-order valence-electron chi connectivity index (χ1n) is 8.37. The van der Waals surface area contributed by atoms with Crippen LogP contribution in [-0.4, -0.2) is 21.0 Å². The van der Waals surface area contributed by atoms with Crippen LogP contribution in [0.4, 0.5) is 10.1 Å². The van der Waals surface area contributed by atoms with E-state index in [9.17, 15) is 4.39 Å². The average Bonchev–Trinajstić information content (AvgIpc) is 2.96. The zero-order valence-electron chi connectivity index (χ0n) is 14.7. The van der Waals surface area contributed by atoms with Crippen molar-refractivity contribution in [2.24, 2.45) is 5.10 Å². The number of hydrogen-bond donors (Lipinski definition) is 1. The first kappa shape index (κ1) is 18.4. The van der Waals surface area contributed by atoms with Crippen LogP contribution in [-0.2, 0) is 0 Å². The van der Waals surface area contributed by atoms with Gasteiger partial charge in [0.05, 0.1) is 34.4 Å². The second-order valence-electron chi connectivity index (χ2n) is 6.07. The highest BCUT2D eigenvalue weighted by Crippen LogP contribution is 2.25. The number of nitrogens with zero attached hydrogens (tertiary/aromatic N) is 4. The summed E-state index contributed by atoms with van der Waals surface area (Å²) in [4.78, 5) is 4.30. The molecule has 4 rings (SSSR count). The molecule has 28 heavy (non-hydrogen) atoms. The van der Waals surface area contributed by atoms with Crippen molar-refractivity contribution >= 4 is 46.0 Å². The summed E-state index contributed by atoms with van der Waals surface area (Å²) >= 11 is 12.5. The van der Waals surface area contributed by atoms with Gasteiger partial charge in [-0.1, -0.05) is 23.2 Å². The van der Waals surface area contributed by atoms with Crippen LogP contribution in [0.1, 0.15) is 11.3 Å². The van der Waals surface area contributed by atoms with E-state index in [1.54, 1.807) is 41.4 Å². The molecule has 0 aliphatic heterocycles. The fourth-order valence-electron chi connectivity index (χ4n) is 2.80. The van der Waals surface area contributed by atoms with Gasteiger partial charge >= 0.3 is 0 Å². The number of fused-ring (bicyclic) bond motifs is 1. The molecule has 0 spiro atoms. The van der Waals surface area contributed by atoms with Gasteiger partial charge in [0.15, 0.2) is 0 Å². The molecule has 0 saturated heterocycles. The van der Waals surface area contributed by atoms with E-state index in [1.807, 2.05) is 19.1 Å². The molecule has 0 radical (unpaired) electrons. The number of aromatic nitrogens is 3. The lowest BCUT2D eigenvalue weighted by molar-refractivity contribution is 0.627. The summed E-state index contributed by atoms with van der Waals surface area (Å²) in [5.41, 5.74) is 6.60. The normalized spacial score (nSPS) is 11.4. The third kappa shape index (κ3) is 3.56. The van der Waals surface area contributed by atoms with Gasteiger partial charge in [-0.15, -0.1) is 0 Å². The first-order chi connectivity index (χ1) is 13.5. The van der Waals surface area contributed by atoms with Crippen molar-refractivity contribution in [2.75, 3.05) is 5.43 Å². The van der Waals surface area contributed by atoms with Gasteiger partial charge in [0.1, 0.15) is 11.0 Å². The van der Waals surface area contributed by atoms with Crippen molar-refractivity contribution in [1.29, 1.82) is 0 Å². The number of aryl methyl sites for hydroxylation is 1. The minimum Gasteiger partial charge on any atom is -0.278 e. The monoisotopic (exact) mass is 413 g/mol. The molecule has 0 aliphatic carbocycles. The predicted molar refractivity (Wildman–Crippen MR) is 111 cm³/mol. The van der Waals surface area contributed by atoms with Crippen molar-refractivity contribution in [3.8, 4) is 5.69 Å². The van der Waals surface area contributed by atoms with E-state index < -0.39 is 0 Å². The van der Waals surface area contributed by atoms with Crippen LogP contribution in [0.25, 0.3) is 16.6 Å². The highest BCUT2D eigenvalue weighted by Gasteiger charge is 2.13. The lowest BCUT2D eigenvalue weighted by Gasteiger charge is -2.05. The molecular weight excluding hydrogens is 400 g/mol. The molecule has 2 heterocycles. The number of benzene rings is 2. The van der Waals surface area contributed by atoms with Gasteiger partial charge in [0.25, 0.3) is 0 Å². The topological polar surface area (TPSA) is 55.1 Å². The number of hydrogen-bond acceptors (Lipinski definition) is 4. The van der Waals surface area contributed by atoms with E-state index in [0.29, 0.717) is 27.1 Å². The SMILES string of the molecule is Cc1nn(-c2ccc(F)cc2)c(Cl)c1/C=N\Nc1ccnc2cc(Cl)ccc12. The lowest BCUT2D eigenvalue weighted by Crippen LogP contribution is -1.97. The van der Waals surface area contributed by atoms with E-state index in [-0.39, 0.29) is 5.82 Å². The molecule has 0 fully saturated rings. The number of nitrogens with one attached hydrogen (secondary N) is 1. The number of pyridine rings is 1. The molecule has 0 aliphatic rings. The van der Waals surface area contributed by atoms with Crippen LogP contribution in [0.3, 0.4) is 0 Å². The van der Waals surface area contributed by atoms with Gasteiger partial charge in [0.2, 0.25) is 0 Å². The number of anilines is 1. The maximum absolute atomic E-state index is 13.1. The van der Waals surface area contributed by atoms with Crippen molar-refractivity contribution in [3.05, 3.63) is 82.0 Å². The van der Waals surface area contributed by atoms with E-state index in [2.05, 4.69) is 20.6 Å². The molecule has 5 nitrogen and oxygen atoms in total. The minimum atomic E-state index is -0.319. The van der Waals surface area contributed by atoms with Crippen LogP contribution in [0, 0.1) is 12.7 Å².